The smallest absolute Gasteiger partial charge is 0.269 e. The molecule has 1 aromatic rings. The fourth-order valence-corrected chi connectivity index (χ4v) is 3.67. The lowest BCUT2D eigenvalue weighted by Crippen LogP contribution is -2.46. The molecule has 3 atom stereocenters. The molecule has 2 rings (SSSR count). The number of aromatic hydroxyl groups is 1. The van der Waals surface area contributed by atoms with Gasteiger partial charge in [0.1, 0.15) is 11.5 Å². The maximum atomic E-state index is 12.8. The van der Waals surface area contributed by atoms with Gasteiger partial charge in [-0.25, -0.2) is 5.43 Å². The SMILES string of the molecule is CC(CC(=O)C1C(C)C=CCC1(C)C)NNC(=O)c1ccccc1O. The molecule has 1 aliphatic carbocycles. The highest BCUT2D eigenvalue weighted by Crippen LogP contribution is 2.41. The molecule has 0 radical (unpaired) electrons. The lowest BCUT2D eigenvalue weighted by atomic mass is 9.65. The predicted molar refractivity (Wildman–Crippen MR) is 98.0 cm³/mol. The highest BCUT2D eigenvalue weighted by molar-refractivity contribution is 5.96. The molecular formula is C20H28N2O3. The number of carbonyl (C=O) groups is 2. The van der Waals surface area contributed by atoms with E-state index >= 15 is 0 Å². The number of nitrogens with one attached hydrogen (secondary N) is 2. The Kier molecular flexibility index (Phi) is 6.01. The van der Waals surface area contributed by atoms with Crippen LogP contribution >= 0.6 is 0 Å². The van der Waals surface area contributed by atoms with Crippen molar-refractivity contribution in [3.8, 4) is 5.75 Å². The van der Waals surface area contributed by atoms with Crippen LogP contribution in [-0.2, 0) is 4.79 Å². The topological polar surface area (TPSA) is 78.4 Å². The molecule has 3 N–H and O–H groups in total. The van der Waals surface area contributed by atoms with Crippen molar-refractivity contribution in [3.63, 3.8) is 0 Å². The van der Waals surface area contributed by atoms with Gasteiger partial charge in [0.25, 0.3) is 5.91 Å². The molecule has 1 aromatic carbocycles. The van der Waals surface area contributed by atoms with Gasteiger partial charge < -0.3 is 5.11 Å². The van der Waals surface area contributed by atoms with E-state index in [1.54, 1.807) is 18.2 Å². The van der Waals surface area contributed by atoms with Crippen molar-refractivity contribution in [2.75, 3.05) is 0 Å². The van der Waals surface area contributed by atoms with Crippen molar-refractivity contribution >= 4 is 11.7 Å². The van der Waals surface area contributed by atoms with Gasteiger partial charge in [-0.2, -0.15) is 0 Å². The summed E-state index contributed by atoms with van der Waals surface area (Å²) in [5, 5.41) is 9.70. The van der Waals surface area contributed by atoms with Crippen LogP contribution in [0.15, 0.2) is 36.4 Å². The van der Waals surface area contributed by atoms with E-state index in [0.29, 0.717) is 6.42 Å². The van der Waals surface area contributed by atoms with Gasteiger partial charge in [0, 0.05) is 18.4 Å². The average Bonchev–Trinajstić information content (AvgIpc) is 2.52. The molecule has 0 aromatic heterocycles. The highest BCUT2D eigenvalue weighted by Gasteiger charge is 2.39. The van der Waals surface area contributed by atoms with E-state index in [-0.39, 0.29) is 40.4 Å². The zero-order valence-electron chi connectivity index (χ0n) is 15.4. The molecular weight excluding hydrogens is 316 g/mol. The molecule has 0 saturated carbocycles. The number of ketones is 1. The number of phenolic OH excluding ortho intramolecular Hbond substituents is 1. The van der Waals surface area contributed by atoms with Crippen molar-refractivity contribution in [3.05, 3.63) is 42.0 Å². The minimum atomic E-state index is -0.424. The number of phenols is 1. The molecule has 3 unspecified atom stereocenters. The van der Waals surface area contributed by atoms with Gasteiger partial charge in [0.2, 0.25) is 0 Å². The number of hydrogen-bond donors (Lipinski definition) is 3. The van der Waals surface area contributed by atoms with E-state index in [1.165, 1.54) is 6.07 Å². The number of carbonyl (C=O) groups excluding carboxylic acids is 2. The number of allylic oxidation sites excluding steroid dienone is 2. The number of rotatable bonds is 6. The van der Waals surface area contributed by atoms with Crippen LogP contribution in [0.2, 0.25) is 0 Å². The van der Waals surface area contributed by atoms with E-state index in [1.807, 2.05) is 6.92 Å². The zero-order valence-corrected chi connectivity index (χ0v) is 15.4. The molecule has 5 heteroatoms. The third-order valence-electron chi connectivity index (χ3n) is 4.89. The lowest BCUT2D eigenvalue weighted by molar-refractivity contribution is -0.128. The molecule has 0 heterocycles. The van der Waals surface area contributed by atoms with Gasteiger partial charge in [-0.1, -0.05) is 45.1 Å². The molecule has 1 aliphatic rings. The second-order valence-electron chi connectivity index (χ2n) is 7.64. The van der Waals surface area contributed by atoms with Crippen LogP contribution in [0, 0.1) is 17.3 Å². The summed E-state index contributed by atoms with van der Waals surface area (Å²) in [6.07, 6.45) is 5.52. The summed E-state index contributed by atoms with van der Waals surface area (Å²) >= 11 is 0. The molecule has 0 bridgehead atoms. The number of hydrazine groups is 1. The average molecular weight is 344 g/mol. The van der Waals surface area contributed by atoms with Gasteiger partial charge in [0.05, 0.1) is 5.56 Å². The number of para-hydroxylation sites is 1. The number of Topliss-reactive ketones (excluding diaryl/α,β-unsaturated/α-hetero) is 1. The Morgan fingerprint density at radius 1 is 1.32 bits per heavy atom. The minimum Gasteiger partial charge on any atom is -0.507 e. The van der Waals surface area contributed by atoms with E-state index < -0.39 is 5.91 Å². The zero-order chi connectivity index (χ0) is 18.6. The maximum Gasteiger partial charge on any atom is 0.269 e. The molecule has 25 heavy (non-hydrogen) atoms. The second kappa shape index (κ2) is 7.83. The molecule has 136 valence electrons. The number of benzene rings is 1. The van der Waals surface area contributed by atoms with Gasteiger partial charge in [-0.3, -0.25) is 15.0 Å². The Balaban J connectivity index is 1.90. The lowest BCUT2D eigenvalue weighted by Gasteiger charge is -2.39. The summed E-state index contributed by atoms with van der Waals surface area (Å²) in [5.41, 5.74) is 5.58. The molecule has 0 fully saturated rings. The normalized spacial score (nSPS) is 23.0. The molecule has 1 amide bonds. The first-order valence-corrected chi connectivity index (χ1v) is 8.75. The second-order valence-corrected chi connectivity index (χ2v) is 7.64. The Morgan fingerprint density at radius 3 is 2.64 bits per heavy atom. The summed E-state index contributed by atoms with van der Waals surface area (Å²) in [7, 11) is 0. The Morgan fingerprint density at radius 2 is 2.00 bits per heavy atom. The van der Waals surface area contributed by atoms with Crippen molar-refractivity contribution < 1.29 is 14.7 Å². The third-order valence-corrected chi connectivity index (χ3v) is 4.89. The maximum absolute atomic E-state index is 12.8. The van der Waals surface area contributed by atoms with E-state index in [4.69, 9.17) is 0 Å². The van der Waals surface area contributed by atoms with Crippen molar-refractivity contribution in [2.45, 2.75) is 46.6 Å². The van der Waals surface area contributed by atoms with Gasteiger partial charge in [-0.05, 0) is 36.8 Å². The standard InChI is InChI=1S/C20H28N2O3/c1-13-8-7-11-20(3,4)18(13)17(24)12-14(2)21-22-19(25)15-9-5-6-10-16(15)23/h5-10,13-14,18,21,23H,11-12H2,1-4H3,(H,22,25). The van der Waals surface area contributed by atoms with Gasteiger partial charge in [0.15, 0.2) is 0 Å². The Bertz CT molecular complexity index is 667. The number of amides is 1. The summed E-state index contributed by atoms with van der Waals surface area (Å²) in [6.45, 7) is 8.21. The first-order valence-electron chi connectivity index (χ1n) is 8.75. The monoisotopic (exact) mass is 344 g/mol. The van der Waals surface area contributed by atoms with Crippen LogP contribution in [0.3, 0.4) is 0 Å². The first-order chi connectivity index (χ1) is 11.7. The highest BCUT2D eigenvalue weighted by atomic mass is 16.3. The van der Waals surface area contributed by atoms with Crippen LogP contribution < -0.4 is 10.9 Å². The Hall–Kier alpha value is -2.14. The molecule has 0 spiro atoms. The third kappa shape index (κ3) is 4.69. The largest absolute Gasteiger partial charge is 0.507 e. The van der Waals surface area contributed by atoms with Crippen molar-refractivity contribution in [2.24, 2.45) is 17.3 Å². The van der Waals surface area contributed by atoms with Gasteiger partial charge in [-0.15, -0.1) is 0 Å². The quantitative estimate of drug-likeness (QED) is 0.547. The van der Waals surface area contributed by atoms with Crippen molar-refractivity contribution in [1.82, 2.24) is 10.9 Å². The summed E-state index contributed by atoms with van der Waals surface area (Å²) < 4.78 is 0. The van der Waals surface area contributed by atoms with Crippen LogP contribution in [0.25, 0.3) is 0 Å². The van der Waals surface area contributed by atoms with Crippen LogP contribution in [0.5, 0.6) is 5.75 Å². The summed E-state index contributed by atoms with van der Waals surface area (Å²) in [5.74, 6) is -0.0876. The number of hydrogen-bond acceptors (Lipinski definition) is 4. The minimum absolute atomic E-state index is 0.0179. The van der Waals surface area contributed by atoms with E-state index in [9.17, 15) is 14.7 Å². The summed E-state index contributed by atoms with van der Waals surface area (Å²) in [4.78, 5) is 24.9. The van der Waals surface area contributed by atoms with Crippen LogP contribution in [0.4, 0.5) is 0 Å². The molecule has 0 aliphatic heterocycles. The molecule has 0 saturated heterocycles. The van der Waals surface area contributed by atoms with Crippen molar-refractivity contribution in [1.29, 1.82) is 0 Å². The fraction of sp³-hybridized carbons (Fsp3) is 0.500. The summed E-state index contributed by atoms with van der Waals surface area (Å²) in [6, 6.07) is 6.14. The molecule has 5 nitrogen and oxygen atoms in total. The fourth-order valence-electron chi connectivity index (χ4n) is 3.67. The van der Waals surface area contributed by atoms with E-state index in [0.717, 1.165) is 6.42 Å². The Labute approximate surface area is 149 Å². The van der Waals surface area contributed by atoms with E-state index in [2.05, 4.69) is 43.8 Å². The van der Waals surface area contributed by atoms with Crippen LogP contribution in [-0.4, -0.2) is 22.8 Å². The first kappa shape index (κ1) is 19.2. The van der Waals surface area contributed by atoms with Crippen LogP contribution in [0.1, 0.15) is 50.9 Å². The van der Waals surface area contributed by atoms with Gasteiger partial charge >= 0.3 is 0 Å². The predicted octanol–water partition coefficient (Wildman–Crippen LogP) is 3.21.